The lowest BCUT2D eigenvalue weighted by atomic mass is 9.86. The minimum Gasteiger partial charge on any atom is -0.321 e. The van der Waals surface area contributed by atoms with E-state index in [4.69, 9.17) is 0 Å². The number of nitrogens with one attached hydrogen (secondary N) is 1. The third-order valence-electron chi connectivity index (χ3n) is 3.91. The molecular weight excluding hydrogens is 220 g/mol. The normalized spacial score (nSPS) is 28.1. The van der Waals surface area contributed by atoms with Gasteiger partial charge in [-0.05, 0) is 19.8 Å². The van der Waals surface area contributed by atoms with Gasteiger partial charge in [0.1, 0.15) is 12.6 Å². The van der Waals surface area contributed by atoms with E-state index in [0.717, 1.165) is 25.7 Å². The molecular formula is C12H18N2O3. The van der Waals surface area contributed by atoms with Crippen molar-refractivity contribution in [1.82, 2.24) is 10.2 Å². The van der Waals surface area contributed by atoms with Gasteiger partial charge in [-0.25, -0.2) is 0 Å². The average molecular weight is 238 g/mol. The van der Waals surface area contributed by atoms with Crippen molar-refractivity contribution in [2.75, 3.05) is 6.54 Å². The highest BCUT2D eigenvalue weighted by Crippen LogP contribution is 2.39. The molecule has 3 amide bonds. The number of hydrogen-bond donors (Lipinski definition) is 1. The molecule has 1 saturated heterocycles. The number of nitrogens with zero attached hydrogens (tertiary/aromatic N) is 1. The van der Waals surface area contributed by atoms with Crippen LogP contribution in [-0.2, 0) is 14.4 Å². The molecule has 1 heterocycles. The third-order valence-corrected chi connectivity index (χ3v) is 3.91. The summed E-state index contributed by atoms with van der Waals surface area (Å²) < 4.78 is 0. The molecule has 0 aromatic carbocycles. The molecule has 0 radical (unpaired) electrons. The molecule has 1 aliphatic heterocycles. The first-order chi connectivity index (χ1) is 7.94. The van der Waals surface area contributed by atoms with Crippen molar-refractivity contribution >= 4 is 17.7 Å². The third kappa shape index (κ3) is 2.06. The SMILES string of the molecule is CC1C(=O)NC(=O)CN1C(=O)C1(C)CCCC1. The Kier molecular flexibility index (Phi) is 2.93. The molecule has 1 N–H and O–H groups in total. The molecule has 94 valence electrons. The summed E-state index contributed by atoms with van der Waals surface area (Å²) in [4.78, 5) is 36.7. The molecule has 2 rings (SSSR count). The topological polar surface area (TPSA) is 66.5 Å². The van der Waals surface area contributed by atoms with Crippen molar-refractivity contribution in [2.24, 2.45) is 5.41 Å². The number of carbonyl (C=O) groups excluding carboxylic acids is 3. The molecule has 1 aliphatic carbocycles. The Morgan fingerprint density at radius 3 is 2.53 bits per heavy atom. The fourth-order valence-electron chi connectivity index (χ4n) is 2.68. The predicted octanol–water partition coefficient (Wildman–Crippen LogP) is 0.440. The van der Waals surface area contributed by atoms with Crippen LogP contribution in [0.5, 0.6) is 0 Å². The van der Waals surface area contributed by atoms with Gasteiger partial charge >= 0.3 is 0 Å². The summed E-state index contributed by atoms with van der Waals surface area (Å²) in [5, 5.41) is 2.25. The Morgan fingerprint density at radius 1 is 1.35 bits per heavy atom. The van der Waals surface area contributed by atoms with E-state index in [2.05, 4.69) is 5.32 Å². The van der Waals surface area contributed by atoms with Crippen molar-refractivity contribution in [1.29, 1.82) is 0 Å². The van der Waals surface area contributed by atoms with Gasteiger partial charge in [0.25, 0.3) is 0 Å². The van der Waals surface area contributed by atoms with Crippen LogP contribution in [0.1, 0.15) is 39.5 Å². The number of piperazine rings is 1. The van der Waals surface area contributed by atoms with Crippen LogP contribution < -0.4 is 5.32 Å². The summed E-state index contributed by atoms with van der Waals surface area (Å²) in [6.07, 6.45) is 3.80. The lowest BCUT2D eigenvalue weighted by molar-refractivity contribution is -0.154. The minimum absolute atomic E-state index is 0.00132. The van der Waals surface area contributed by atoms with Crippen molar-refractivity contribution < 1.29 is 14.4 Å². The second-order valence-corrected chi connectivity index (χ2v) is 5.29. The van der Waals surface area contributed by atoms with E-state index in [9.17, 15) is 14.4 Å². The highest BCUT2D eigenvalue weighted by Gasteiger charge is 2.43. The van der Waals surface area contributed by atoms with Crippen molar-refractivity contribution in [3.63, 3.8) is 0 Å². The molecule has 5 nitrogen and oxygen atoms in total. The van der Waals surface area contributed by atoms with Crippen LogP contribution in [0.4, 0.5) is 0 Å². The number of rotatable bonds is 1. The summed E-state index contributed by atoms with van der Waals surface area (Å²) in [6, 6.07) is -0.544. The summed E-state index contributed by atoms with van der Waals surface area (Å²) >= 11 is 0. The second kappa shape index (κ2) is 4.13. The largest absolute Gasteiger partial charge is 0.321 e. The average Bonchev–Trinajstić information content (AvgIpc) is 2.71. The highest BCUT2D eigenvalue weighted by atomic mass is 16.2. The van der Waals surface area contributed by atoms with Gasteiger partial charge in [-0.3, -0.25) is 19.7 Å². The zero-order valence-corrected chi connectivity index (χ0v) is 10.3. The smallest absolute Gasteiger partial charge is 0.249 e. The molecule has 5 heteroatoms. The van der Waals surface area contributed by atoms with E-state index in [1.165, 1.54) is 4.90 Å². The van der Waals surface area contributed by atoms with Crippen molar-refractivity contribution in [3.05, 3.63) is 0 Å². The maximum Gasteiger partial charge on any atom is 0.249 e. The van der Waals surface area contributed by atoms with E-state index in [1.807, 2.05) is 6.92 Å². The number of amides is 3. The number of carbonyl (C=O) groups is 3. The van der Waals surface area contributed by atoms with Crippen LogP contribution in [0, 0.1) is 5.41 Å². The fraction of sp³-hybridized carbons (Fsp3) is 0.750. The summed E-state index contributed by atoms with van der Waals surface area (Å²) in [5.74, 6) is -0.815. The second-order valence-electron chi connectivity index (χ2n) is 5.29. The van der Waals surface area contributed by atoms with Crippen LogP contribution in [-0.4, -0.2) is 35.2 Å². The van der Waals surface area contributed by atoms with Crippen molar-refractivity contribution in [2.45, 2.75) is 45.6 Å². The summed E-state index contributed by atoms with van der Waals surface area (Å²) in [7, 11) is 0. The molecule has 0 aromatic heterocycles. The molecule has 1 saturated carbocycles. The molecule has 2 fully saturated rings. The minimum atomic E-state index is -0.544. The van der Waals surface area contributed by atoms with Crippen LogP contribution in [0.25, 0.3) is 0 Å². The van der Waals surface area contributed by atoms with Gasteiger partial charge < -0.3 is 4.90 Å². The molecule has 1 atom stereocenters. The van der Waals surface area contributed by atoms with E-state index in [0.29, 0.717) is 0 Å². The number of imide groups is 1. The monoisotopic (exact) mass is 238 g/mol. The van der Waals surface area contributed by atoms with Crippen molar-refractivity contribution in [3.8, 4) is 0 Å². The first-order valence-corrected chi connectivity index (χ1v) is 6.09. The first-order valence-electron chi connectivity index (χ1n) is 6.09. The Morgan fingerprint density at radius 2 is 1.94 bits per heavy atom. The summed E-state index contributed by atoms with van der Waals surface area (Å²) in [6.45, 7) is 3.60. The maximum atomic E-state index is 12.4. The van der Waals surface area contributed by atoms with Crippen LogP contribution >= 0.6 is 0 Å². The number of hydrogen-bond acceptors (Lipinski definition) is 3. The zero-order chi connectivity index (χ0) is 12.6. The first kappa shape index (κ1) is 12.1. The molecule has 1 unspecified atom stereocenters. The van der Waals surface area contributed by atoms with Gasteiger partial charge in [0.05, 0.1) is 0 Å². The fourth-order valence-corrected chi connectivity index (χ4v) is 2.68. The lowest BCUT2D eigenvalue weighted by Gasteiger charge is -2.37. The van der Waals surface area contributed by atoms with E-state index in [1.54, 1.807) is 6.92 Å². The molecule has 2 aliphatic rings. The Hall–Kier alpha value is -1.39. The highest BCUT2D eigenvalue weighted by molar-refractivity contribution is 6.04. The molecule has 0 aromatic rings. The van der Waals surface area contributed by atoms with Gasteiger partial charge in [-0.15, -0.1) is 0 Å². The standard InChI is InChI=1S/C12H18N2O3/c1-8-10(16)13-9(15)7-14(8)11(17)12(2)5-3-4-6-12/h8H,3-7H2,1-2H3,(H,13,15,16). The van der Waals surface area contributed by atoms with Crippen LogP contribution in [0.3, 0.4) is 0 Å². The van der Waals surface area contributed by atoms with Crippen LogP contribution in [0.2, 0.25) is 0 Å². The van der Waals surface area contributed by atoms with E-state index >= 15 is 0 Å². The molecule has 0 spiro atoms. The van der Waals surface area contributed by atoms with Gasteiger partial charge in [0, 0.05) is 5.41 Å². The molecule has 17 heavy (non-hydrogen) atoms. The lowest BCUT2D eigenvalue weighted by Crippen LogP contribution is -2.60. The van der Waals surface area contributed by atoms with Gasteiger partial charge in [0.2, 0.25) is 17.7 Å². The molecule has 0 bridgehead atoms. The Labute approximate surface area is 101 Å². The van der Waals surface area contributed by atoms with E-state index < -0.39 is 6.04 Å². The van der Waals surface area contributed by atoms with Gasteiger partial charge in [-0.1, -0.05) is 19.8 Å². The van der Waals surface area contributed by atoms with Crippen LogP contribution in [0.15, 0.2) is 0 Å². The van der Waals surface area contributed by atoms with Gasteiger partial charge in [0.15, 0.2) is 0 Å². The maximum absolute atomic E-state index is 12.4. The summed E-state index contributed by atoms with van der Waals surface area (Å²) in [5.41, 5.74) is -0.383. The van der Waals surface area contributed by atoms with E-state index in [-0.39, 0.29) is 29.7 Å². The Bertz CT molecular complexity index is 372. The quantitative estimate of drug-likeness (QED) is 0.674. The Balaban J connectivity index is 2.17. The zero-order valence-electron chi connectivity index (χ0n) is 10.3. The predicted molar refractivity (Wildman–Crippen MR) is 60.9 cm³/mol. The van der Waals surface area contributed by atoms with Gasteiger partial charge in [-0.2, -0.15) is 0 Å².